The summed E-state index contributed by atoms with van der Waals surface area (Å²) >= 11 is 3.39. The summed E-state index contributed by atoms with van der Waals surface area (Å²) in [5, 5.41) is 15.0. The number of aliphatic hydroxyl groups excluding tert-OH is 1. The monoisotopic (exact) mass is 342 g/mol. The number of anilines is 1. The molecule has 0 fully saturated rings. The SMILES string of the molecule is CCCC(CCO)CNCC(=O)Nc1ccccc1Br. The van der Waals surface area contributed by atoms with Crippen LogP contribution in [0, 0.1) is 5.92 Å². The molecule has 1 unspecified atom stereocenters. The van der Waals surface area contributed by atoms with Gasteiger partial charge < -0.3 is 15.7 Å². The molecule has 0 aromatic heterocycles. The van der Waals surface area contributed by atoms with E-state index in [-0.39, 0.29) is 19.1 Å². The molecule has 1 amide bonds. The number of halogens is 1. The van der Waals surface area contributed by atoms with Crippen molar-refractivity contribution < 1.29 is 9.90 Å². The zero-order chi connectivity index (χ0) is 14.8. The Bertz CT molecular complexity index is 407. The zero-order valence-corrected chi connectivity index (χ0v) is 13.4. The number of hydrogen-bond donors (Lipinski definition) is 3. The summed E-state index contributed by atoms with van der Waals surface area (Å²) < 4.78 is 0.873. The maximum absolute atomic E-state index is 11.8. The average molecular weight is 343 g/mol. The van der Waals surface area contributed by atoms with E-state index in [1.54, 1.807) is 0 Å². The van der Waals surface area contributed by atoms with Crippen molar-refractivity contribution in [2.75, 3.05) is 25.0 Å². The Morgan fingerprint density at radius 3 is 2.75 bits per heavy atom. The summed E-state index contributed by atoms with van der Waals surface area (Å²) in [6, 6.07) is 7.53. The topological polar surface area (TPSA) is 61.4 Å². The van der Waals surface area contributed by atoms with Gasteiger partial charge in [0.2, 0.25) is 5.91 Å². The van der Waals surface area contributed by atoms with E-state index in [4.69, 9.17) is 5.11 Å². The van der Waals surface area contributed by atoms with Gasteiger partial charge in [-0.3, -0.25) is 4.79 Å². The second-order valence-electron chi connectivity index (χ2n) is 4.83. The number of rotatable bonds is 9. The minimum atomic E-state index is -0.0591. The fourth-order valence-corrected chi connectivity index (χ4v) is 2.47. The van der Waals surface area contributed by atoms with Gasteiger partial charge >= 0.3 is 0 Å². The molecule has 5 heteroatoms. The maximum atomic E-state index is 11.8. The molecule has 4 nitrogen and oxygen atoms in total. The normalized spacial score (nSPS) is 12.2. The largest absolute Gasteiger partial charge is 0.396 e. The number of aliphatic hydroxyl groups is 1. The molecule has 1 aromatic carbocycles. The van der Waals surface area contributed by atoms with Crippen LogP contribution < -0.4 is 10.6 Å². The van der Waals surface area contributed by atoms with Crippen LogP contribution in [0.5, 0.6) is 0 Å². The van der Waals surface area contributed by atoms with E-state index in [2.05, 4.69) is 33.5 Å². The van der Waals surface area contributed by atoms with Crippen molar-refractivity contribution in [1.29, 1.82) is 0 Å². The Hall–Kier alpha value is -0.910. The molecule has 0 saturated heterocycles. The van der Waals surface area contributed by atoms with Crippen LogP contribution in [0.2, 0.25) is 0 Å². The molecule has 0 spiro atoms. The standard InChI is InChI=1S/C15H23BrN2O2/c1-2-5-12(8-9-19)10-17-11-15(20)18-14-7-4-3-6-13(14)16/h3-4,6-7,12,17,19H,2,5,8-11H2,1H3,(H,18,20). The van der Waals surface area contributed by atoms with Crippen molar-refractivity contribution in [2.45, 2.75) is 26.2 Å². The third kappa shape index (κ3) is 6.50. The van der Waals surface area contributed by atoms with Crippen LogP contribution in [0.4, 0.5) is 5.69 Å². The number of para-hydroxylation sites is 1. The first kappa shape index (κ1) is 17.1. The van der Waals surface area contributed by atoms with Gasteiger partial charge in [-0.05, 0) is 53.4 Å². The summed E-state index contributed by atoms with van der Waals surface area (Å²) in [5.41, 5.74) is 0.778. The average Bonchev–Trinajstić information content (AvgIpc) is 2.42. The quantitative estimate of drug-likeness (QED) is 0.646. The van der Waals surface area contributed by atoms with Crippen LogP contribution in [-0.4, -0.2) is 30.7 Å². The van der Waals surface area contributed by atoms with Gasteiger partial charge in [0.05, 0.1) is 12.2 Å². The van der Waals surface area contributed by atoms with Gasteiger partial charge in [-0.25, -0.2) is 0 Å². The molecular formula is C15H23BrN2O2. The van der Waals surface area contributed by atoms with Crippen LogP contribution >= 0.6 is 15.9 Å². The van der Waals surface area contributed by atoms with Crippen molar-refractivity contribution >= 4 is 27.5 Å². The zero-order valence-electron chi connectivity index (χ0n) is 11.9. The fourth-order valence-electron chi connectivity index (χ4n) is 2.09. The summed E-state index contributed by atoms with van der Waals surface area (Å²) in [4.78, 5) is 11.8. The number of carbonyl (C=O) groups excluding carboxylic acids is 1. The third-order valence-corrected chi connectivity index (χ3v) is 3.79. The number of nitrogens with one attached hydrogen (secondary N) is 2. The highest BCUT2D eigenvalue weighted by atomic mass is 79.9. The van der Waals surface area contributed by atoms with Gasteiger partial charge in [0.15, 0.2) is 0 Å². The Labute approximate surface area is 129 Å². The van der Waals surface area contributed by atoms with E-state index in [0.717, 1.165) is 36.0 Å². The van der Waals surface area contributed by atoms with Crippen LogP contribution in [0.15, 0.2) is 28.7 Å². The molecule has 20 heavy (non-hydrogen) atoms. The van der Waals surface area contributed by atoms with Crippen LogP contribution in [0.25, 0.3) is 0 Å². The number of hydrogen-bond acceptors (Lipinski definition) is 3. The van der Waals surface area contributed by atoms with Crippen LogP contribution in [-0.2, 0) is 4.79 Å². The van der Waals surface area contributed by atoms with Gasteiger partial charge in [0.25, 0.3) is 0 Å². The lowest BCUT2D eigenvalue weighted by Gasteiger charge is -2.15. The van der Waals surface area contributed by atoms with E-state index >= 15 is 0 Å². The Morgan fingerprint density at radius 1 is 1.35 bits per heavy atom. The molecule has 0 aliphatic rings. The fraction of sp³-hybridized carbons (Fsp3) is 0.533. The van der Waals surface area contributed by atoms with E-state index < -0.39 is 0 Å². The predicted octanol–water partition coefficient (Wildman–Crippen LogP) is 2.78. The minimum Gasteiger partial charge on any atom is -0.396 e. The Morgan fingerprint density at radius 2 is 2.10 bits per heavy atom. The van der Waals surface area contributed by atoms with Crippen molar-refractivity contribution in [2.24, 2.45) is 5.92 Å². The summed E-state index contributed by atoms with van der Waals surface area (Å²) in [6.07, 6.45) is 2.95. The minimum absolute atomic E-state index is 0.0591. The molecule has 0 aliphatic heterocycles. The smallest absolute Gasteiger partial charge is 0.238 e. The summed E-state index contributed by atoms with van der Waals surface area (Å²) in [5.74, 6) is 0.373. The van der Waals surface area contributed by atoms with Crippen molar-refractivity contribution in [3.8, 4) is 0 Å². The van der Waals surface area contributed by atoms with E-state index in [9.17, 15) is 4.79 Å². The first-order valence-electron chi connectivity index (χ1n) is 7.03. The molecule has 1 rings (SSSR count). The van der Waals surface area contributed by atoms with Gasteiger partial charge in [-0.2, -0.15) is 0 Å². The third-order valence-electron chi connectivity index (χ3n) is 3.10. The van der Waals surface area contributed by atoms with Crippen molar-refractivity contribution in [3.63, 3.8) is 0 Å². The number of benzene rings is 1. The summed E-state index contributed by atoms with van der Waals surface area (Å²) in [7, 11) is 0. The predicted molar refractivity (Wildman–Crippen MR) is 85.7 cm³/mol. The molecule has 0 heterocycles. The van der Waals surface area contributed by atoms with Gasteiger partial charge in [-0.15, -0.1) is 0 Å². The number of amides is 1. The second kappa shape index (κ2) is 9.91. The lowest BCUT2D eigenvalue weighted by molar-refractivity contribution is -0.115. The number of carbonyl (C=O) groups is 1. The molecular weight excluding hydrogens is 320 g/mol. The molecule has 0 radical (unpaired) electrons. The highest BCUT2D eigenvalue weighted by molar-refractivity contribution is 9.10. The molecule has 112 valence electrons. The Balaban J connectivity index is 2.31. The molecule has 3 N–H and O–H groups in total. The van der Waals surface area contributed by atoms with Crippen molar-refractivity contribution in [3.05, 3.63) is 28.7 Å². The van der Waals surface area contributed by atoms with Gasteiger partial charge in [0, 0.05) is 11.1 Å². The lowest BCUT2D eigenvalue weighted by atomic mass is 10.0. The van der Waals surface area contributed by atoms with Crippen molar-refractivity contribution in [1.82, 2.24) is 5.32 Å². The first-order chi connectivity index (χ1) is 9.67. The highest BCUT2D eigenvalue weighted by Crippen LogP contribution is 2.20. The molecule has 1 aromatic rings. The molecule has 0 bridgehead atoms. The van der Waals surface area contributed by atoms with E-state index in [1.165, 1.54) is 0 Å². The van der Waals surface area contributed by atoms with E-state index in [1.807, 2.05) is 24.3 Å². The Kier molecular flexibility index (Phi) is 8.49. The molecule has 0 saturated carbocycles. The van der Waals surface area contributed by atoms with Gasteiger partial charge in [0.1, 0.15) is 0 Å². The first-order valence-corrected chi connectivity index (χ1v) is 7.82. The highest BCUT2D eigenvalue weighted by Gasteiger charge is 2.09. The summed E-state index contributed by atoms with van der Waals surface area (Å²) in [6.45, 7) is 3.38. The van der Waals surface area contributed by atoms with E-state index in [0.29, 0.717) is 5.92 Å². The maximum Gasteiger partial charge on any atom is 0.238 e. The lowest BCUT2D eigenvalue weighted by Crippen LogP contribution is -2.32. The molecule has 0 aliphatic carbocycles. The molecule has 1 atom stereocenters. The van der Waals surface area contributed by atoms with Gasteiger partial charge in [-0.1, -0.05) is 25.5 Å². The van der Waals surface area contributed by atoms with Crippen LogP contribution in [0.3, 0.4) is 0 Å². The second-order valence-corrected chi connectivity index (χ2v) is 5.68. The van der Waals surface area contributed by atoms with Crippen LogP contribution in [0.1, 0.15) is 26.2 Å².